The smallest absolute Gasteiger partial charge is 0.239 e. The highest BCUT2D eigenvalue weighted by atomic mass is 35.5. The second-order valence-corrected chi connectivity index (χ2v) is 3.98. The molecule has 1 aromatic heterocycles. The summed E-state index contributed by atoms with van der Waals surface area (Å²) < 4.78 is 0. The average Bonchev–Trinajstić information content (AvgIpc) is 2.35. The van der Waals surface area contributed by atoms with E-state index in [1.807, 2.05) is 12.1 Å². The van der Waals surface area contributed by atoms with Crippen LogP contribution in [0.5, 0.6) is 0 Å². The molecule has 17 heavy (non-hydrogen) atoms. The molecule has 1 amide bonds. The first-order valence-electron chi connectivity index (χ1n) is 5.19. The van der Waals surface area contributed by atoms with E-state index in [9.17, 15) is 4.79 Å². The number of aromatic nitrogens is 1. The molecule has 0 aliphatic heterocycles. The molecule has 4 nitrogen and oxygen atoms in total. The van der Waals surface area contributed by atoms with Gasteiger partial charge in [-0.05, 0) is 24.3 Å². The van der Waals surface area contributed by atoms with Crippen molar-refractivity contribution in [2.45, 2.75) is 0 Å². The van der Waals surface area contributed by atoms with Crippen LogP contribution in [0.1, 0.15) is 0 Å². The average molecular weight is 250 g/mol. The van der Waals surface area contributed by atoms with E-state index < -0.39 is 0 Å². The second kappa shape index (κ2) is 5.01. The maximum atomic E-state index is 11.2. The highest BCUT2D eigenvalue weighted by molar-refractivity contribution is 6.31. The van der Waals surface area contributed by atoms with E-state index in [-0.39, 0.29) is 12.5 Å². The molecule has 1 aromatic carbocycles. The summed E-state index contributed by atoms with van der Waals surface area (Å²) in [5.41, 5.74) is 1.68. The van der Waals surface area contributed by atoms with Crippen molar-refractivity contribution in [3.8, 4) is 0 Å². The quantitative estimate of drug-likeness (QED) is 0.875. The van der Waals surface area contributed by atoms with Gasteiger partial charge in [0.05, 0.1) is 12.1 Å². The van der Waals surface area contributed by atoms with Gasteiger partial charge in [0.15, 0.2) is 0 Å². The fraction of sp³-hybridized carbons (Fsp3) is 0.167. The van der Waals surface area contributed by atoms with Crippen molar-refractivity contribution in [2.24, 2.45) is 0 Å². The number of hydrogen-bond donors (Lipinski definition) is 2. The van der Waals surface area contributed by atoms with Gasteiger partial charge < -0.3 is 10.6 Å². The van der Waals surface area contributed by atoms with Crippen molar-refractivity contribution in [2.75, 3.05) is 18.9 Å². The minimum absolute atomic E-state index is 0.0658. The van der Waals surface area contributed by atoms with Gasteiger partial charge in [-0.25, -0.2) is 0 Å². The molecule has 0 fully saturated rings. The molecule has 0 unspecified atom stereocenters. The monoisotopic (exact) mass is 249 g/mol. The Balaban J connectivity index is 2.31. The molecule has 1 heterocycles. The molecule has 0 aliphatic rings. The SMILES string of the molecule is CNC(=O)CNc1ccnc2cc(Cl)ccc12. The van der Waals surface area contributed by atoms with Gasteiger partial charge >= 0.3 is 0 Å². The number of halogens is 1. The molecule has 0 saturated carbocycles. The standard InChI is InChI=1S/C12H12ClN3O/c1-14-12(17)7-16-10-4-5-15-11-6-8(13)2-3-9(10)11/h2-6H,7H2,1H3,(H,14,17)(H,15,16). The number of nitrogens with zero attached hydrogens (tertiary/aromatic N) is 1. The Morgan fingerprint density at radius 3 is 3.00 bits per heavy atom. The van der Waals surface area contributed by atoms with E-state index in [4.69, 9.17) is 11.6 Å². The molecule has 0 atom stereocenters. The lowest BCUT2D eigenvalue weighted by atomic mass is 10.2. The number of benzene rings is 1. The summed E-state index contributed by atoms with van der Waals surface area (Å²) >= 11 is 5.90. The summed E-state index contributed by atoms with van der Waals surface area (Å²) in [7, 11) is 1.61. The van der Waals surface area contributed by atoms with Crippen molar-refractivity contribution in [3.05, 3.63) is 35.5 Å². The fourth-order valence-electron chi connectivity index (χ4n) is 1.54. The van der Waals surface area contributed by atoms with Gasteiger partial charge in [0.2, 0.25) is 5.91 Å². The number of carbonyl (C=O) groups excluding carboxylic acids is 1. The van der Waals surface area contributed by atoms with Gasteiger partial charge in [-0.2, -0.15) is 0 Å². The van der Waals surface area contributed by atoms with Gasteiger partial charge in [0, 0.05) is 29.3 Å². The van der Waals surface area contributed by atoms with Crippen molar-refractivity contribution in [3.63, 3.8) is 0 Å². The fourth-order valence-corrected chi connectivity index (χ4v) is 1.71. The molecule has 0 bridgehead atoms. The van der Waals surface area contributed by atoms with E-state index in [1.165, 1.54) is 0 Å². The zero-order valence-electron chi connectivity index (χ0n) is 9.33. The molecule has 2 aromatic rings. The highest BCUT2D eigenvalue weighted by Gasteiger charge is 2.03. The Kier molecular flexibility index (Phi) is 3.44. The Morgan fingerprint density at radius 2 is 2.24 bits per heavy atom. The zero-order chi connectivity index (χ0) is 12.3. The number of fused-ring (bicyclic) bond motifs is 1. The molecule has 88 valence electrons. The van der Waals surface area contributed by atoms with Crippen molar-refractivity contribution < 1.29 is 4.79 Å². The van der Waals surface area contributed by atoms with Crippen LogP contribution in [0.4, 0.5) is 5.69 Å². The molecule has 0 radical (unpaired) electrons. The summed E-state index contributed by atoms with van der Waals surface area (Å²) in [6.45, 7) is 0.234. The van der Waals surface area contributed by atoms with E-state index in [0.717, 1.165) is 16.6 Å². The van der Waals surface area contributed by atoms with Crippen LogP contribution in [0.15, 0.2) is 30.5 Å². The summed E-state index contributed by atoms with van der Waals surface area (Å²) in [6, 6.07) is 7.31. The van der Waals surface area contributed by atoms with Crippen LogP contribution in [0, 0.1) is 0 Å². The third-order valence-electron chi connectivity index (χ3n) is 2.42. The predicted octanol–water partition coefficient (Wildman–Crippen LogP) is 2.05. The van der Waals surface area contributed by atoms with Crippen LogP contribution in [0.2, 0.25) is 5.02 Å². The number of amides is 1. The van der Waals surface area contributed by atoms with Crippen LogP contribution < -0.4 is 10.6 Å². The van der Waals surface area contributed by atoms with Crippen LogP contribution in [0.25, 0.3) is 10.9 Å². The van der Waals surface area contributed by atoms with Crippen molar-refractivity contribution in [1.82, 2.24) is 10.3 Å². The first kappa shape index (κ1) is 11.7. The number of pyridine rings is 1. The normalized spacial score (nSPS) is 10.2. The first-order chi connectivity index (χ1) is 8.20. The lowest BCUT2D eigenvalue weighted by molar-refractivity contribution is -0.118. The van der Waals surface area contributed by atoms with E-state index >= 15 is 0 Å². The minimum atomic E-state index is -0.0658. The molecular formula is C12H12ClN3O. The largest absolute Gasteiger partial charge is 0.376 e. The van der Waals surface area contributed by atoms with Gasteiger partial charge in [-0.1, -0.05) is 11.6 Å². The molecule has 5 heteroatoms. The summed E-state index contributed by atoms with van der Waals surface area (Å²) in [5, 5.41) is 7.21. The molecule has 2 rings (SSSR count). The third-order valence-corrected chi connectivity index (χ3v) is 2.66. The number of anilines is 1. The zero-order valence-corrected chi connectivity index (χ0v) is 10.1. The Labute approximate surface area is 104 Å². The number of hydrogen-bond acceptors (Lipinski definition) is 3. The van der Waals surface area contributed by atoms with Crippen molar-refractivity contribution >= 4 is 34.1 Å². The van der Waals surface area contributed by atoms with Gasteiger partial charge in [0.25, 0.3) is 0 Å². The van der Waals surface area contributed by atoms with Crippen LogP contribution in [-0.2, 0) is 4.79 Å². The molecule has 0 saturated heterocycles. The van der Waals surface area contributed by atoms with E-state index in [2.05, 4.69) is 15.6 Å². The number of carbonyl (C=O) groups is 1. The van der Waals surface area contributed by atoms with E-state index in [0.29, 0.717) is 5.02 Å². The highest BCUT2D eigenvalue weighted by Crippen LogP contribution is 2.23. The first-order valence-corrected chi connectivity index (χ1v) is 5.57. The van der Waals surface area contributed by atoms with Crippen molar-refractivity contribution in [1.29, 1.82) is 0 Å². The number of rotatable bonds is 3. The Morgan fingerprint density at radius 1 is 1.41 bits per heavy atom. The lowest BCUT2D eigenvalue weighted by Crippen LogP contribution is -2.26. The molecule has 0 aliphatic carbocycles. The van der Waals surface area contributed by atoms with Gasteiger partial charge in [0.1, 0.15) is 0 Å². The summed E-state index contributed by atoms with van der Waals surface area (Å²) in [4.78, 5) is 15.4. The van der Waals surface area contributed by atoms with E-state index in [1.54, 1.807) is 25.4 Å². The van der Waals surface area contributed by atoms with Gasteiger partial charge in [-0.15, -0.1) is 0 Å². The Bertz CT molecular complexity index is 556. The topological polar surface area (TPSA) is 54.0 Å². The summed E-state index contributed by atoms with van der Waals surface area (Å²) in [5.74, 6) is -0.0658. The Hall–Kier alpha value is -1.81. The third kappa shape index (κ3) is 2.65. The van der Waals surface area contributed by atoms with Crippen LogP contribution in [0.3, 0.4) is 0 Å². The lowest BCUT2D eigenvalue weighted by Gasteiger charge is -2.08. The van der Waals surface area contributed by atoms with Gasteiger partial charge in [-0.3, -0.25) is 9.78 Å². The maximum Gasteiger partial charge on any atom is 0.239 e. The van der Waals surface area contributed by atoms with Crippen LogP contribution >= 0.6 is 11.6 Å². The maximum absolute atomic E-state index is 11.2. The minimum Gasteiger partial charge on any atom is -0.376 e. The number of likely N-dealkylation sites (N-methyl/N-ethyl adjacent to an activating group) is 1. The van der Waals surface area contributed by atoms with Crippen LogP contribution in [-0.4, -0.2) is 24.5 Å². The predicted molar refractivity (Wildman–Crippen MR) is 69.3 cm³/mol. The summed E-state index contributed by atoms with van der Waals surface area (Å²) in [6.07, 6.45) is 1.69. The number of nitrogens with one attached hydrogen (secondary N) is 2. The molecule has 2 N–H and O–H groups in total. The molecule has 0 spiro atoms. The molecular weight excluding hydrogens is 238 g/mol. The second-order valence-electron chi connectivity index (χ2n) is 3.55.